The zero-order valence-electron chi connectivity index (χ0n) is 14.0. The molecule has 148 valence electrons. The van der Waals surface area contributed by atoms with Crippen molar-refractivity contribution < 1.29 is 41.8 Å². The molecule has 1 aromatic heterocycles. The molecule has 2 rings (SSSR count). The van der Waals surface area contributed by atoms with Gasteiger partial charge in [-0.25, -0.2) is 14.4 Å². The molecule has 0 fully saturated rings. The number of aliphatic carboxylic acids is 1. The average Bonchev–Trinajstić information content (AvgIpc) is 2.52. The topological polar surface area (TPSA) is 138 Å². The highest BCUT2D eigenvalue weighted by Crippen LogP contribution is 2.25. The lowest BCUT2D eigenvalue weighted by molar-refractivity contribution is -0.207. The van der Waals surface area contributed by atoms with E-state index in [0.717, 1.165) is 6.07 Å². The van der Waals surface area contributed by atoms with Gasteiger partial charge in [0.15, 0.2) is 0 Å². The van der Waals surface area contributed by atoms with Gasteiger partial charge in [-0.05, 0) is 24.6 Å². The third-order valence-electron chi connectivity index (χ3n) is 3.27. The summed E-state index contributed by atoms with van der Waals surface area (Å²) in [5.41, 5.74) is -0.723. The Morgan fingerprint density at radius 2 is 1.93 bits per heavy atom. The molecule has 0 unspecified atom stereocenters. The van der Waals surface area contributed by atoms with Crippen LogP contribution in [-0.2, 0) is 20.7 Å². The quantitative estimate of drug-likeness (QED) is 0.566. The van der Waals surface area contributed by atoms with Crippen LogP contribution in [0.4, 0.5) is 13.2 Å². The summed E-state index contributed by atoms with van der Waals surface area (Å²) in [7, 11) is 0. The number of carboxylic acid groups (broad SMARTS) is 1. The number of halogens is 3. The minimum atomic E-state index is -5.34. The number of benzene rings is 1. The Bertz CT molecular complexity index is 892. The van der Waals surface area contributed by atoms with Crippen molar-refractivity contribution in [3.8, 4) is 5.75 Å². The number of hydrogen-bond acceptors (Lipinski definition) is 7. The van der Waals surface area contributed by atoms with Crippen molar-refractivity contribution >= 4 is 22.9 Å². The van der Waals surface area contributed by atoms with E-state index in [4.69, 9.17) is 14.3 Å². The predicted molar refractivity (Wildman–Crippen MR) is 85.9 cm³/mol. The van der Waals surface area contributed by atoms with E-state index in [1.54, 1.807) is 6.92 Å². The summed E-state index contributed by atoms with van der Waals surface area (Å²) >= 11 is 0. The molecule has 0 radical (unpaired) electrons. The van der Waals surface area contributed by atoms with Crippen molar-refractivity contribution in [3.05, 3.63) is 40.2 Å². The van der Waals surface area contributed by atoms with Crippen LogP contribution < -0.4 is 16.5 Å². The normalized spacial score (nSPS) is 12.1. The van der Waals surface area contributed by atoms with Gasteiger partial charge in [0, 0.05) is 23.9 Å². The number of fused-ring (bicyclic) bond motifs is 1. The van der Waals surface area contributed by atoms with Crippen LogP contribution in [0.25, 0.3) is 11.0 Å². The van der Waals surface area contributed by atoms with Crippen LogP contribution in [0, 0.1) is 0 Å². The zero-order valence-corrected chi connectivity index (χ0v) is 14.0. The van der Waals surface area contributed by atoms with Gasteiger partial charge in [-0.3, -0.25) is 0 Å². The summed E-state index contributed by atoms with van der Waals surface area (Å²) in [6.45, 7) is 2.09. The van der Waals surface area contributed by atoms with Crippen molar-refractivity contribution in [2.24, 2.45) is 0 Å². The van der Waals surface area contributed by atoms with Crippen LogP contribution in [0.3, 0.4) is 0 Å². The van der Waals surface area contributed by atoms with Gasteiger partial charge in [-0.1, -0.05) is 0 Å². The Morgan fingerprint density at radius 1 is 1.26 bits per heavy atom. The molecule has 0 aliphatic rings. The summed E-state index contributed by atoms with van der Waals surface area (Å²) < 4.78 is 51.2. The molecular formula is C16H16F3NO7. The molecule has 0 bridgehead atoms. The Labute approximate surface area is 150 Å². The van der Waals surface area contributed by atoms with E-state index >= 15 is 0 Å². The fraction of sp³-hybridized carbons (Fsp3) is 0.312. The number of carboxylic acids is 1. The maximum absolute atomic E-state index is 12.3. The zero-order chi connectivity index (χ0) is 19.5. The molecule has 27 heavy (non-hydrogen) atoms. The lowest BCUT2D eigenvalue weighted by Gasteiger charge is -2.16. The van der Waals surface area contributed by atoms with Gasteiger partial charge in [-0.15, -0.1) is 0 Å². The summed E-state index contributed by atoms with van der Waals surface area (Å²) in [5, 5.41) is 9.32. The van der Waals surface area contributed by atoms with Crippen molar-refractivity contribution in [3.63, 3.8) is 0 Å². The minimum Gasteiger partial charge on any atom is -0.494 e. The summed E-state index contributed by atoms with van der Waals surface area (Å²) in [5.74, 6) is -4.02. The van der Waals surface area contributed by atoms with Crippen LogP contribution in [0.5, 0.6) is 5.75 Å². The van der Waals surface area contributed by atoms with Crippen molar-refractivity contribution in [1.82, 2.24) is 6.15 Å². The molecule has 8 nitrogen and oxygen atoms in total. The molecule has 2 aromatic rings. The fourth-order valence-corrected chi connectivity index (χ4v) is 2.21. The van der Waals surface area contributed by atoms with Gasteiger partial charge in [0.05, 0.1) is 6.61 Å². The highest BCUT2D eigenvalue weighted by Gasteiger charge is 2.43. The highest BCUT2D eigenvalue weighted by molar-refractivity contribution is 5.84. The summed E-state index contributed by atoms with van der Waals surface area (Å²) in [4.78, 5) is 33.7. The SMILES string of the molecule is CCOc1ccc2c(C[C@H](OC(=O)C(F)(F)F)C(=O)O)cc(=O)oc2c1.N. The van der Waals surface area contributed by atoms with Crippen LogP contribution in [0.1, 0.15) is 12.5 Å². The number of carbonyl (C=O) groups excluding carboxylic acids is 1. The van der Waals surface area contributed by atoms with E-state index in [9.17, 15) is 27.6 Å². The average molecular weight is 391 g/mol. The number of hydrogen-bond donors (Lipinski definition) is 2. The highest BCUT2D eigenvalue weighted by atomic mass is 19.4. The van der Waals surface area contributed by atoms with Crippen LogP contribution in [0.15, 0.2) is 33.5 Å². The van der Waals surface area contributed by atoms with Gasteiger partial charge in [0.25, 0.3) is 0 Å². The largest absolute Gasteiger partial charge is 0.494 e. The first-order chi connectivity index (χ1) is 12.1. The first-order valence-corrected chi connectivity index (χ1v) is 7.32. The van der Waals surface area contributed by atoms with E-state index in [-0.39, 0.29) is 22.7 Å². The Hall–Kier alpha value is -3.08. The molecule has 1 heterocycles. The molecule has 11 heteroatoms. The lowest BCUT2D eigenvalue weighted by atomic mass is 10.0. The Kier molecular flexibility index (Phi) is 6.94. The minimum absolute atomic E-state index is 0. The smallest absolute Gasteiger partial charge is 0.490 e. The van der Waals surface area contributed by atoms with Crippen molar-refractivity contribution in [1.29, 1.82) is 0 Å². The first-order valence-electron chi connectivity index (χ1n) is 7.32. The molecular weight excluding hydrogens is 375 g/mol. The third-order valence-corrected chi connectivity index (χ3v) is 3.27. The lowest BCUT2D eigenvalue weighted by Crippen LogP contribution is -2.35. The molecule has 0 saturated carbocycles. The van der Waals surface area contributed by atoms with E-state index in [0.29, 0.717) is 12.4 Å². The monoisotopic (exact) mass is 391 g/mol. The molecule has 4 N–H and O–H groups in total. The number of ether oxygens (including phenoxy) is 2. The van der Waals surface area contributed by atoms with Crippen molar-refractivity contribution in [2.45, 2.75) is 25.6 Å². The van der Waals surface area contributed by atoms with Gasteiger partial charge >= 0.3 is 23.7 Å². The molecule has 0 amide bonds. The molecule has 0 saturated heterocycles. The second kappa shape index (κ2) is 8.54. The number of alkyl halides is 3. The number of rotatable bonds is 6. The predicted octanol–water partition coefficient (Wildman–Crippen LogP) is 2.45. The standard InChI is InChI=1S/C16H13F3O7.H3N/c1-2-24-9-3-4-10-8(6-13(20)25-11(10)7-9)5-12(14(21)22)26-15(23)16(17,18)19;/h3-4,6-7,12H,2,5H2,1H3,(H,21,22);1H3/t12-;/m0./s1. The van der Waals surface area contributed by atoms with E-state index in [2.05, 4.69) is 4.74 Å². The van der Waals surface area contributed by atoms with Gasteiger partial charge in [0.1, 0.15) is 11.3 Å². The second-order valence-corrected chi connectivity index (χ2v) is 5.12. The fourth-order valence-electron chi connectivity index (χ4n) is 2.21. The summed E-state index contributed by atoms with van der Waals surface area (Å²) in [6, 6.07) is 5.30. The maximum atomic E-state index is 12.3. The molecule has 0 aliphatic heterocycles. The molecule has 1 aromatic carbocycles. The number of carbonyl (C=O) groups is 2. The maximum Gasteiger partial charge on any atom is 0.490 e. The Morgan fingerprint density at radius 3 is 2.48 bits per heavy atom. The Balaban J connectivity index is 0.00000364. The van der Waals surface area contributed by atoms with Gasteiger partial charge < -0.3 is 25.1 Å². The van der Waals surface area contributed by atoms with E-state index in [1.165, 1.54) is 18.2 Å². The van der Waals surface area contributed by atoms with E-state index < -0.39 is 36.3 Å². The van der Waals surface area contributed by atoms with Crippen LogP contribution >= 0.6 is 0 Å². The van der Waals surface area contributed by atoms with Crippen molar-refractivity contribution in [2.75, 3.05) is 6.61 Å². The van der Waals surface area contributed by atoms with Gasteiger partial charge in [-0.2, -0.15) is 13.2 Å². The number of esters is 1. The first kappa shape index (κ1) is 22.0. The second-order valence-electron chi connectivity index (χ2n) is 5.12. The van der Waals surface area contributed by atoms with Crippen LogP contribution in [0.2, 0.25) is 0 Å². The molecule has 0 aliphatic carbocycles. The summed E-state index contributed by atoms with van der Waals surface area (Å²) in [6.07, 6.45) is -8.11. The third kappa shape index (κ3) is 5.45. The molecule has 0 spiro atoms. The van der Waals surface area contributed by atoms with Crippen LogP contribution in [-0.4, -0.2) is 35.9 Å². The van der Waals surface area contributed by atoms with E-state index in [1.807, 2.05) is 0 Å². The molecule has 1 atom stereocenters. The van der Waals surface area contributed by atoms with Gasteiger partial charge in [0.2, 0.25) is 6.10 Å².